The molecule has 3 heterocycles. The number of thiocarbonyl (C=S) groups is 4. The molecule has 0 aliphatic heterocycles. The van der Waals surface area contributed by atoms with E-state index in [9.17, 15) is 0 Å². The molecule has 3 nitrogen and oxygen atoms in total. The largest absolute Gasteiger partial charge is 0.310 e. The van der Waals surface area contributed by atoms with Crippen LogP contribution in [-0.4, -0.2) is 36.6 Å². The van der Waals surface area contributed by atoms with E-state index in [2.05, 4.69) is 145 Å². The number of benzene rings is 6. The molecule has 0 saturated heterocycles. The van der Waals surface area contributed by atoms with Crippen LogP contribution in [0.5, 0.6) is 0 Å². The maximum Gasteiger partial charge on any atom is 0.146 e. The topological polar surface area (TPSA) is 14.8 Å². The lowest BCUT2D eigenvalue weighted by molar-refractivity contribution is 1.11. The molecule has 6 aromatic carbocycles. The fraction of sp³-hybridized carbons (Fsp3) is 0.107. The zero-order valence-electron chi connectivity index (χ0n) is 37.5. The van der Waals surface area contributed by atoms with E-state index in [1.165, 1.54) is 38.5 Å². The summed E-state index contributed by atoms with van der Waals surface area (Å²) >= 11 is 34.1. The smallest absolute Gasteiger partial charge is 0.146 e. The van der Waals surface area contributed by atoms with E-state index in [4.69, 9.17) is 60.5 Å². The van der Waals surface area contributed by atoms with Gasteiger partial charge in [0.25, 0.3) is 0 Å². The Balaban J connectivity index is 0.000000154. The third-order valence-corrected chi connectivity index (χ3v) is 16.0. The summed E-state index contributed by atoms with van der Waals surface area (Å²) in [4.78, 5) is 0. The first-order valence-corrected chi connectivity index (χ1v) is 27.5. The van der Waals surface area contributed by atoms with Crippen LogP contribution in [0.3, 0.4) is 0 Å². The van der Waals surface area contributed by atoms with E-state index >= 15 is 0 Å². The SMILES string of the molecule is C/C(Cl)=C/CSC(=S)n1cccc1.CC(SC(=S)n1c2ccccc2c2ccccc21)c1ccccc1.S=C(SCc1ccccc1)c1ccccc1.S=C(SCc1ccccc1)n1cccc1. The van der Waals surface area contributed by atoms with Crippen LogP contribution in [0.2, 0.25) is 0 Å². The number of hydrogen-bond acceptors (Lipinski definition) is 8. The van der Waals surface area contributed by atoms with Crippen molar-refractivity contribution in [1.82, 2.24) is 13.7 Å². The average molecular weight is 1060 g/mol. The summed E-state index contributed by atoms with van der Waals surface area (Å²) in [5.74, 6) is 2.69. The summed E-state index contributed by atoms with van der Waals surface area (Å²) in [5, 5.41) is 3.63. The molecule has 0 N–H and O–H groups in total. The summed E-state index contributed by atoms with van der Waals surface area (Å²) in [6.45, 7) is 4.07. The van der Waals surface area contributed by atoms with Gasteiger partial charge in [0.15, 0.2) is 0 Å². The number of nitrogens with zero attached hydrogens (tertiary/aromatic N) is 3. The molecule has 3 aromatic heterocycles. The van der Waals surface area contributed by atoms with Gasteiger partial charge in [0.2, 0.25) is 0 Å². The van der Waals surface area contributed by atoms with Crippen molar-refractivity contribution in [3.8, 4) is 0 Å². The molecule has 0 radical (unpaired) electrons. The Bertz CT molecular complexity index is 2920. The molecule has 0 saturated carbocycles. The second-order valence-electron chi connectivity index (χ2n) is 14.8. The van der Waals surface area contributed by atoms with Gasteiger partial charge in [-0.2, -0.15) is 0 Å². The van der Waals surface area contributed by atoms with Crippen LogP contribution >= 0.6 is 108 Å². The Labute approximate surface area is 444 Å². The number of fused-ring (bicyclic) bond motifs is 3. The number of aromatic nitrogens is 3. The minimum absolute atomic E-state index is 0.318. The normalized spacial score (nSPS) is 11.2. The third-order valence-electron chi connectivity index (χ3n) is 9.94. The molecule has 1 atom stereocenters. The average Bonchev–Trinajstić information content (AvgIpc) is 4.19. The number of rotatable bonds is 9. The van der Waals surface area contributed by atoms with Gasteiger partial charge in [-0.3, -0.25) is 4.57 Å². The van der Waals surface area contributed by atoms with Gasteiger partial charge in [-0.15, -0.1) is 11.8 Å². The Hall–Kier alpha value is -4.53. The van der Waals surface area contributed by atoms with Crippen molar-refractivity contribution in [2.24, 2.45) is 0 Å². The van der Waals surface area contributed by atoms with Crippen LogP contribution in [0.15, 0.2) is 230 Å². The lowest BCUT2D eigenvalue weighted by Gasteiger charge is -2.14. The highest BCUT2D eigenvalue weighted by Gasteiger charge is 2.16. The molecule has 344 valence electrons. The van der Waals surface area contributed by atoms with Crippen molar-refractivity contribution < 1.29 is 0 Å². The second kappa shape index (κ2) is 28.8. The minimum atomic E-state index is 0.318. The molecule has 0 fully saturated rings. The van der Waals surface area contributed by atoms with Crippen LogP contribution in [0.1, 0.15) is 41.4 Å². The first-order chi connectivity index (χ1) is 33.2. The Morgan fingerprint density at radius 2 is 0.912 bits per heavy atom. The fourth-order valence-corrected chi connectivity index (χ4v) is 11.4. The van der Waals surface area contributed by atoms with E-state index in [0.29, 0.717) is 5.25 Å². The summed E-state index contributed by atoms with van der Waals surface area (Å²) in [6.07, 6.45) is 9.77. The Morgan fingerprint density at radius 3 is 1.40 bits per heavy atom. The fourth-order valence-electron chi connectivity index (χ4n) is 6.50. The van der Waals surface area contributed by atoms with Gasteiger partial charge in [0, 0.05) is 63.1 Å². The highest BCUT2D eigenvalue weighted by Crippen LogP contribution is 2.35. The van der Waals surface area contributed by atoms with Gasteiger partial charge in [-0.25, -0.2) is 0 Å². The van der Waals surface area contributed by atoms with E-state index in [1.54, 1.807) is 47.0 Å². The quantitative estimate of drug-likeness (QED) is 0.131. The number of halogens is 1. The summed E-state index contributed by atoms with van der Waals surface area (Å²) < 4.78 is 9.68. The Kier molecular flexibility index (Phi) is 22.4. The van der Waals surface area contributed by atoms with Gasteiger partial charge < -0.3 is 9.13 Å². The van der Waals surface area contributed by atoms with Crippen molar-refractivity contribution >= 4 is 146 Å². The van der Waals surface area contributed by atoms with Gasteiger partial charge in [0.05, 0.1) is 15.2 Å². The molecule has 12 heteroatoms. The second-order valence-corrected chi connectivity index (χ2v) is 22.3. The predicted octanol–water partition coefficient (Wildman–Crippen LogP) is 17.8. The molecule has 0 aliphatic carbocycles. The molecule has 0 amide bonds. The van der Waals surface area contributed by atoms with Gasteiger partial charge in [0.1, 0.15) is 13.0 Å². The Morgan fingerprint density at radius 1 is 0.500 bits per heavy atom. The highest BCUT2D eigenvalue weighted by molar-refractivity contribution is 8.24. The van der Waals surface area contributed by atoms with Crippen molar-refractivity contribution in [2.75, 3.05) is 5.75 Å². The standard InChI is InChI=1S/C21H17NS2.C14H12S2.C12H11NS2.C9H10ClNS2/c1-15(16-9-3-2-4-10-16)24-21(23)22-19-13-7-5-11-17(19)18-12-6-8-14-20(18)22;15-14(13-9-5-2-6-10-13)16-11-12-7-3-1-4-8-12;14-12(13-8-4-5-9-13)15-10-11-6-2-1-3-7-11;1-8(10)4-7-13-9(12)11-5-2-3-6-11/h2-15H,1H3;1-10H,11H2;1-9H,10H2;2-6H,7H2,1H3/b;;;8-4-. The van der Waals surface area contributed by atoms with Crippen LogP contribution in [-0.2, 0) is 11.5 Å². The summed E-state index contributed by atoms with van der Waals surface area (Å²) in [6, 6.07) is 66.3. The van der Waals surface area contributed by atoms with Gasteiger partial charge in [-0.1, -0.05) is 260 Å². The molecule has 0 bridgehead atoms. The molecule has 1 unspecified atom stereocenters. The summed E-state index contributed by atoms with van der Waals surface area (Å²) in [7, 11) is 0. The predicted molar refractivity (Wildman–Crippen MR) is 320 cm³/mol. The zero-order chi connectivity index (χ0) is 47.9. The molecule has 0 aliphatic rings. The van der Waals surface area contributed by atoms with Crippen molar-refractivity contribution in [1.29, 1.82) is 0 Å². The van der Waals surface area contributed by atoms with Crippen molar-refractivity contribution in [3.63, 3.8) is 0 Å². The molecule has 9 rings (SSSR count). The first kappa shape index (κ1) is 52.8. The lowest BCUT2D eigenvalue weighted by Crippen LogP contribution is -2.06. The number of thioether (sulfide) groups is 4. The zero-order valence-corrected chi connectivity index (χ0v) is 44.8. The van der Waals surface area contributed by atoms with Crippen molar-refractivity contribution in [3.05, 3.63) is 252 Å². The first-order valence-electron chi connectivity index (χ1n) is 21.6. The van der Waals surface area contributed by atoms with Crippen LogP contribution in [0.25, 0.3) is 21.8 Å². The number of hydrogen-bond donors (Lipinski definition) is 0. The van der Waals surface area contributed by atoms with E-state index < -0.39 is 0 Å². The molecule has 9 aromatic rings. The highest BCUT2D eigenvalue weighted by atomic mass is 35.5. The van der Waals surface area contributed by atoms with Gasteiger partial charge in [-0.05, 0) is 72.5 Å². The maximum absolute atomic E-state index is 5.83. The molecule has 68 heavy (non-hydrogen) atoms. The van der Waals surface area contributed by atoms with E-state index in [1.807, 2.05) is 108 Å². The lowest BCUT2D eigenvalue weighted by atomic mass is 10.2. The van der Waals surface area contributed by atoms with Crippen LogP contribution in [0.4, 0.5) is 0 Å². The molecular formula is C56H50ClN3S8. The van der Waals surface area contributed by atoms with Crippen LogP contribution < -0.4 is 0 Å². The van der Waals surface area contributed by atoms with E-state index in [0.717, 1.165) is 45.0 Å². The van der Waals surface area contributed by atoms with Crippen LogP contribution in [0, 0.1) is 0 Å². The van der Waals surface area contributed by atoms with Crippen molar-refractivity contribution in [2.45, 2.75) is 30.6 Å². The number of allylic oxidation sites excluding steroid dienone is 1. The molecule has 0 spiro atoms. The monoisotopic (exact) mass is 1060 g/mol. The number of para-hydroxylation sites is 2. The van der Waals surface area contributed by atoms with Gasteiger partial charge >= 0.3 is 0 Å². The summed E-state index contributed by atoms with van der Waals surface area (Å²) in [5.41, 5.74) is 7.40. The third kappa shape index (κ3) is 16.9. The maximum atomic E-state index is 5.83. The molecular weight excluding hydrogens is 1010 g/mol. The minimum Gasteiger partial charge on any atom is -0.310 e. The van der Waals surface area contributed by atoms with E-state index in [-0.39, 0.29) is 0 Å².